The van der Waals surface area contributed by atoms with E-state index in [1.807, 2.05) is 0 Å². The molecule has 0 aliphatic rings. The summed E-state index contributed by atoms with van der Waals surface area (Å²) < 4.78 is 41.8. The third-order valence-electron chi connectivity index (χ3n) is 2.03. The van der Waals surface area contributed by atoms with Crippen LogP contribution in [0.15, 0.2) is 24.3 Å². The minimum absolute atomic E-state index is 0.0133. The average Bonchev–Trinajstić information content (AvgIpc) is 2.25. The molecule has 2 nitrogen and oxygen atoms in total. The third kappa shape index (κ3) is 3.73. The highest BCUT2D eigenvalue weighted by Gasteiger charge is 2.29. The monoisotopic (exact) mass is 234 g/mol. The van der Waals surface area contributed by atoms with Gasteiger partial charge in [0, 0.05) is 12.5 Å². The van der Waals surface area contributed by atoms with Gasteiger partial charge in [0.05, 0.1) is 12.2 Å². The second-order valence-corrected chi connectivity index (χ2v) is 3.62. The first-order valence-electron chi connectivity index (χ1n) is 4.84. The molecular weight excluding hydrogens is 221 g/mol. The number of rotatable bonds is 4. The molecule has 0 aliphatic heterocycles. The van der Waals surface area contributed by atoms with Crippen LogP contribution in [0.1, 0.15) is 12.5 Å². The summed E-state index contributed by atoms with van der Waals surface area (Å²) in [5.41, 5.74) is -0.699. The first-order chi connectivity index (χ1) is 7.43. The van der Waals surface area contributed by atoms with Crippen LogP contribution in [-0.4, -0.2) is 18.3 Å². The number of halogens is 3. The molecule has 0 spiro atoms. The minimum atomic E-state index is -4.32. The van der Waals surface area contributed by atoms with Crippen molar-refractivity contribution < 1.29 is 23.0 Å². The maximum Gasteiger partial charge on any atom is 0.416 e. The van der Waals surface area contributed by atoms with Crippen molar-refractivity contribution in [3.05, 3.63) is 29.8 Å². The Labute approximate surface area is 91.7 Å². The van der Waals surface area contributed by atoms with E-state index in [-0.39, 0.29) is 19.1 Å². The van der Waals surface area contributed by atoms with Crippen LogP contribution in [0.5, 0.6) is 5.75 Å². The van der Waals surface area contributed by atoms with Gasteiger partial charge in [0.1, 0.15) is 5.75 Å². The molecule has 0 aromatic heterocycles. The van der Waals surface area contributed by atoms with Crippen molar-refractivity contribution in [3.8, 4) is 5.75 Å². The van der Waals surface area contributed by atoms with E-state index in [1.165, 1.54) is 12.1 Å². The van der Waals surface area contributed by atoms with Gasteiger partial charge in [0.25, 0.3) is 0 Å². The molecule has 1 atom stereocenters. The van der Waals surface area contributed by atoms with Crippen LogP contribution in [0.2, 0.25) is 0 Å². The second kappa shape index (κ2) is 5.21. The Bertz CT molecular complexity index is 319. The molecule has 1 rings (SSSR count). The van der Waals surface area contributed by atoms with Crippen LogP contribution in [0.4, 0.5) is 13.2 Å². The maximum atomic E-state index is 12.2. The van der Waals surface area contributed by atoms with Crippen molar-refractivity contribution >= 4 is 0 Å². The number of ether oxygens (including phenoxy) is 1. The summed E-state index contributed by atoms with van der Waals surface area (Å²) in [5, 5.41) is 8.73. The quantitative estimate of drug-likeness (QED) is 0.867. The molecule has 1 aromatic carbocycles. The van der Waals surface area contributed by atoms with Crippen LogP contribution in [-0.2, 0) is 6.18 Å². The molecule has 1 N–H and O–H groups in total. The number of hydrogen-bond acceptors (Lipinski definition) is 2. The lowest BCUT2D eigenvalue weighted by atomic mass is 10.2. The Morgan fingerprint density at radius 3 is 2.25 bits per heavy atom. The maximum absolute atomic E-state index is 12.2. The third-order valence-corrected chi connectivity index (χ3v) is 2.03. The van der Waals surface area contributed by atoms with E-state index in [2.05, 4.69) is 0 Å². The molecule has 0 saturated heterocycles. The fourth-order valence-corrected chi connectivity index (χ4v) is 1.03. The van der Waals surface area contributed by atoms with Crippen molar-refractivity contribution in [2.24, 2.45) is 5.92 Å². The molecule has 0 fully saturated rings. The zero-order valence-electron chi connectivity index (χ0n) is 8.79. The molecule has 0 amide bonds. The predicted octanol–water partition coefficient (Wildman–Crippen LogP) is 2.71. The Balaban J connectivity index is 2.58. The molecule has 90 valence electrons. The zero-order chi connectivity index (χ0) is 12.2. The smallest absolute Gasteiger partial charge is 0.416 e. The Morgan fingerprint density at radius 2 is 1.81 bits per heavy atom. The van der Waals surface area contributed by atoms with Gasteiger partial charge in [-0.2, -0.15) is 13.2 Å². The Kier molecular flexibility index (Phi) is 4.18. The number of alkyl halides is 3. The summed E-state index contributed by atoms with van der Waals surface area (Å²) >= 11 is 0. The SMILES string of the molecule is CC(CO)COc1ccc(C(F)(F)F)cc1. The lowest BCUT2D eigenvalue weighted by Gasteiger charge is -2.11. The van der Waals surface area contributed by atoms with Gasteiger partial charge >= 0.3 is 6.18 Å². The van der Waals surface area contributed by atoms with Gasteiger partial charge in [0.15, 0.2) is 0 Å². The van der Waals surface area contributed by atoms with Gasteiger partial charge in [-0.1, -0.05) is 6.92 Å². The van der Waals surface area contributed by atoms with Crippen molar-refractivity contribution in [1.29, 1.82) is 0 Å². The van der Waals surface area contributed by atoms with Gasteiger partial charge in [-0.15, -0.1) is 0 Å². The van der Waals surface area contributed by atoms with E-state index in [4.69, 9.17) is 9.84 Å². The Hall–Kier alpha value is -1.23. The lowest BCUT2D eigenvalue weighted by Crippen LogP contribution is -2.12. The fourth-order valence-electron chi connectivity index (χ4n) is 1.03. The highest BCUT2D eigenvalue weighted by Crippen LogP contribution is 2.30. The van der Waals surface area contributed by atoms with E-state index in [1.54, 1.807) is 6.92 Å². The summed E-state index contributed by atoms with van der Waals surface area (Å²) in [6, 6.07) is 4.48. The highest BCUT2D eigenvalue weighted by atomic mass is 19.4. The summed E-state index contributed by atoms with van der Waals surface area (Å²) in [6.07, 6.45) is -4.32. The largest absolute Gasteiger partial charge is 0.493 e. The first kappa shape index (κ1) is 12.8. The number of benzene rings is 1. The molecule has 0 radical (unpaired) electrons. The lowest BCUT2D eigenvalue weighted by molar-refractivity contribution is -0.137. The molecule has 5 heteroatoms. The van der Waals surface area contributed by atoms with E-state index in [0.29, 0.717) is 5.75 Å². The summed E-state index contributed by atoms with van der Waals surface area (Å²) in [4.78, 5) is 0. The van der Waals surface area contributed by atoms with Crippen molar-refractivity contribution in [3.63, 3.8) is 0 Å². The van der Waals surface area contributed by atoms with Crippen LogP contribution < -0.4 is 4.74 Å². The average molecular weight is 234 g/mol. The number of aliphatic hydroxyl groups excluding tert-OH is 1. The molecular formula is C11H13F3O2. The van der Waals surface area contributed by atoms with E-state index < -0.39 is 11.7 Å². The molecule has 0 bridgehead atoms. The summed E-state index contributed by atoms with van der Waals surface area (Å²) in [6.45, 7) is 2.05. The van der Waals surface area contributed by atoms with E-state index in [0.717, 1.165) is 12.1 Å². The van der Waals surface area contributed by atoms with Crippen molar-refractivity contribution in [2.45, 2.75) is 13.1 Å². The van der Waals surface area contributed by atoms with E-state index >= 15 is 0 Å². The van der Waals surface area contributed by atoms with Gasteiger partial charge in [-0.3, -0.25) is 0 Å². The van der Waals surface area contributed by atoms with E-state index in [9.17, 15) is 13.2 Å². The summed E-state index contributed by atoms with van der Waals surface area (Å²) in [7, 11) is 0. The minimum Gasteiger partial charge on any atom is -0.493 e. The molecule has 1 aromatic rings. The van der Waals surface area contributed by atoms with Gasteiger partial charge in [0.2, 0.25) is 0 Å². The van der Waals surface area contributed by atoms with Gasteiger partial charge in [-0.25, -0.2) is 0 Å². The van der Waals surface area contributed by atoms with Gasteiger partial charge < -0.3 is 9.84 Å². The molecule has 16 heavy (non-hydrogen) atoms. The number of aliphatic hydroxyl groups is 1. The van der Waals surface area contributed by atoms with Crippen LogP contribution in [0.3, 0.4) is 0 Å². The normalized spacial score (nSPS) is 13.6. The zero-order valence-corrected chi connectivity index (χ0v) is 8.79. The number of hydrogen-bond donors (Lipinski definition) is 1. The van der Waals surface area contributed by atoms with Crippen LogP contribution >= 0.6 is 0 Å². The molecule has 0 heterocycles. The predicted molar refractivity (Wildman–Crippen MR) is 53.2 cm³/mol. The van der Waals surface area contributed by atoms with Gasteiger partial charge in [-0.05, 0) is 24.3 Å². The van der Waals surface area contributed by atoms with Crippen LogP contribution in [0.25, 0.3) is 0 Å². The Morgan fingerprint density at radius 1 is 1.25 bits per heavy atom. The molecule has 1 unspecified atom stereocenters. The van der Waals surface area contributed by atoms with Crippen molar-refractivity contribution in [1.82, 2.24) is 0 Å². The molecule has 0 saturated carbocycles. The van der Waals surface area contributed by atoms with Crippen LogP contribution in [0, 0.1) is 5.92 Å². The summed E-state index contributed by atoms with van der Waals surface area (Å²) in [5.74, 6) is 0.329. The topological polar surface area (TPSA) is 29.5 Å². The first-order valence-corrected chi connectivity index (χ1v) is 4.84. The van der Waals surface area contributed by atoms with Crippen molar-refractivity contribution in [2.75, 3.05) is 13.2 Å². The standard InChI is InChI=1S/C11H13F3O2/c1-8(6-15)7-16-10-4-2-9(3-5-10)11(12,13)14/h2-5,8,15H,6-7H2,1H3. The second-order valence-electron chi connectivity index (χ2n) is 3.62. The molecule has 0 aliphatic carbocycles. The fraction of sp³-hybridized carbons (Fsp3) is 0.455. The highest BCUT2D eigenvalue weighted by molar-refractivity contribution is 5.28.